The van der Waals surface area contributed by atoms with Crippen LogP contribution in [0.15, 0.2) is 4.99 Å². The zero-order valence-electron chi connectivity index (χ0n) is 11.8. The summed E-state index contributed by atoms with van der Waals surface area (Å²) in [6.07, 6.45) is 0.784. The predicted octanol–water partition coefficient (Wildman–Crippen LogP) is 0.961. The Kier molecular flexibility index (Phi) is 8.24. The van der Waals surface area contributed by atoms with Gasteiger partial charge in [0.2, 0.25) is 0 Å². The smallest absolute Gasteiger partial charge is 0.359 e. The van der Waals surface area contributed by atoms with Crippen molar-refractivity contribution in [3.8, 4) is 0 Å². The lowest BCUT2D eigenvalue weighted by Gasteiger charge is -2.31. The average molecular weight is 444 g/mol. The van der Waals surface area contributed by atoms with E-state index in [1.54, 1.807) is 14.1 Å². The summed E-state index contributed by atoms with van der Waals surface area (Å²) in [6, 6.07) is 0. The van der Waals surface area contributed by atoms with Gasteiger partial charge in [-0.2, -0.15) is 17.5 Å². The first-order valence-corrected chi connectivity index (χ1v) is 7.61. The van der Waals surface area contributed by atoms with Crippen molar-refractivity contribution in [2.24, 2.45) is 10.9 Å². The third kappa shape index (κ3) is 5.43. The molecule has 21 heavy (non-hydrogen) atoms. The molecular weight excluding hydrogens is 424 g/mol. The van der Waals surface area contributed by atoms with E-state index in [0.717, 1.165) is 0 Å². The van der Waals surface area contributed by atoms with Crippen LogP contribution in [-0.4, -0.2) is 57.9 Å². The summed E-state index contributed by atoms with van der Waals surface area (Å²) in [5, 5.41) is 5.85. The number of aliphatic imine (C=N–C) groups is 1. The minimum absolute atomic E-state index is 0. The van der Waals surface area contributed by atoms with E-state index in [-0.39, 0.29) is 43.0 Å². The third-order valence-corrected chi connectivity index (χ3v) is 4.85. The number of nitrogens with zero attached hydrogens (tertiary/aromatic N) is 2. The van der Waals surface area contributed by atoms with E-state index in [4.69, 9.17) is 0 Å². The maximum Gasteiger partial charge on any atom is 0.511 e. The fourth-order valence-electron chi connectivity index (χ4n) is 2.02. The number of guanidine groups is 1. The molecule has 0 spiro atoms. The Morgan fingerprint density at radius 3 is 2.24 bits per heavy atom. The van der Waals surface area contributed by atoms with Gasteiger partial charge in [-0.05, 0) is 18.8 Å². The van der Waals surface area contributed by atoms with Gasteiger partial charge in [0.05, 0.1) is 0 Å². The number of rotatable bonds is 3. The number of alkyl halides is 3. The molecule has 0 aromatic heterocycles. The van der Waals surface area contributed by atoms with Crippen molar-refractivity contribution < 1.29 is 21.6 Å². The summed E-state index contributed by atoms with van der Waals surface area (Å²) < 4.78 is 60.2. The summed E-state index contributed by atoms with van der Waals surface area (Å²) in [5.41, 5.74) is -5.22. The molecule has 1 rings (SSSR count). The maximum atomic E-state index is 12.4. The van der Waals surface area contributed by atoms with Gasteiger partial charge >= 0.3 is 15.5 Å². The number of sulfonamides is 1. The Morgan fingerprint density at radius 1 is 1.33 bits per heavy atom. The van der Waals surface area contributed by atoms with Crippen molar-refractivity contribution in [1.29, 1.82) is 0 Å². The standard InChI is InChI=1S/C10H19F3N4O2S.HI/c1-14-9(15-2)16-7-8-3-5-17(6-4-8)20(18,19)10(11,12)13;/h8H,3-7H2,1-2H3,(H2,14,15,16);1H. The van der Waals surface area contributed by atoms with Crippen molar-refractivity contribution in [3.05, 3.63) is 0 Å². The molecule has 0 radical (unpaired) electrons. The molecule has 0 aromatic carbocycles. The van der Waals surface area contributed by atoms with E-state index >= 15 is 0 Å². The molecule has 1 fully saturated rings. The van der Waals surface area contributed by atoms with E-state index < -0.39 is 15.5 Å². The summed E-state index contributed by atoms with van der Waals surface area (Å²) in [4.78, 5) is 3.92. The average Bonchev–Trinajstić information content (AvgIpc) is 2.39. The van der Waals surface area contributed by atoms with Crippen LogP contribution < -0.4 is 10.6 Å². The van der Waals surface area contributed by atoms with Gasteiger partial charge in [0.1, 0.15) is 0 Å². The highest BCUT2D eigenvalue weighted by Crippen LogP contribution is 2.30. The monoisotopic (exact) mass is 444 g/mol. The minimum Gasteiger partial charge on any atom is -0.359 e. The second-order valence-electron chi connectivity index (χ2n) is 4.50. The second-order valence-corrected chi connectivity index (χ2v) is 6.43. The number of piperidine rings is 1. The number of hydrogen-bond acceptors (Lipinski definition) is 3. The summed E-state index contributed by atoms with van der Waals surface area (Å²) >= 11 is 0. The van der Waals surface area contributed by atoms with E-state index in [9.17, 15) is 21.6 Å². The van der Waals surface area contributed by atoms with Crippen molar-refractivity contribution >= 4 is 40.0 Å². The van der Waals surface area contributed by atoms with Crippen LogP contribution in [0, 0.1) is 5.92 Å². The van der Waals surface area contributed by atoms with Crippen molar-refractivity contribution in [2.45, 2.75) is 18.3 Å². The lowest BCUT2D eigenvalue weighted by atomic mass is 9.98. The van der Waals surface area contributed by atoms with Crippen LogP contribution in [0.5, 0.6) is 0 Å². The fraction of sp³-hybridized carbons (Fsp3) is 0.900. The first kappa shape index (κ1) is 20.7. The lowest BCUT2D eigenvalue weighted by Crippen LogP contribution is -2.47. The largest absolute Gasteiger partial charge is 0.511 e. The molecule has 1 heterocycles. The van der Waals surface area contributed by atoms with Gasteiger partial charge in [-0.1, -0.05) is 0 Å². The van der Waals surface area contributed by atoms with E-state index in [1.807, 2.05) is 0 Å². The molecule has 6 nitrogen and oxygen atoms in total. The van der Waals surface area contributed by atoms with Crippen LogP contribution in [0.1, 0.15) is 12.8 Å². The molecule has 11 heteroatoms. The number of halogens is 4. The Bertz CT molecular complexity index is 448. The van der Waals surface area contributed by atoms with Gasteiger partial charge in [0.15, 0.2) is 5.96 Å². The van der Waals surface area contributed by atoms with Gasteiger partial charge in [0.25, 0.3) is 0 Å². The molecule has 1 aliphatic heterocycles. The molecule has 2 N–H and O–H groups in total. The van der Waals surface area contributed by atoms with Gasteiger partial charge in [0, 0.05) is 33.7 Å². The zero-order valence-corrected chi connectivity index (χ0v) is 14.9. The summed E-state index contributed by atoms with van der Waals surface area (Å²) in [5.74, 6) is 0.718. The zero-order chi connectivity index (χ0) is 15.4. The van der Waals surface area contributed by atoms with Crippen molar-refractivity contribution in [1.82, 2.24) is 14.9 Å². The molecule has 1 saturated heterocycles. The normalized spacial score (nSPS) is 19.0. The maximum absolute atomic E-state index is 12.4. The summed E-state index contributed by atoms with van der Waals surface area (Å²) in [6.45, 7) is 0.339. The Hall–Kier alpha value is -0.300. The number of hydrogen-bond donors (Lipinski definition) is 2. The Labute approximate surface area is 139 Å². The van der Waals surface area contributed by atoms with Crippen LogP contribution in [0.25, 0.3) is 0 Å². The van der Waals surface area contributed by atoms with E-state index in [0.29, 0.717) is 29.7 Å². The SMILES string of the molecule is CN=C(NC)NCC1CCN(S(=O)(=O)C(F)(F)F)CC1.I. The van der Waals surface area contributed by atoms with E-state index in [1.165, 1.54) is 0 Å². The predicted molar refractivity (Wildman–Crippen MR) is 85.1 cm³/mol. The molecule has 0 aliphatic carbocycles. The Balaban J connectivity index is 0.00000400. The van der Waals surface area contributed by atoms with Crippen LogP contribution in [0.4, 0.5) is 13.2 Å². The van der Waals surface area contributed by atoms with Gasteiger partial charge in [-0.25, -0.2) is 8.42 Å². The molecule has 0 atom stereocenters. The highest BCUT2D eigenvalue weighted by molar-refractivity contribution is 14.0. The van der Waals surface area contributed by atoms with Crippen LogP contribution >= 0.6 is 24.0 Å². The molecule has 0 saturated carbocycles. The van der Waals surface area contributed by atoms with Crippen LogP contribution in [0.3, 0.4) is 0 Å². The third-order valence-electron chi connectivity index (χ3n) is 3.22. The first-order chi connectivity index (χ1) is 9.22. The van der Waals surface area contributed by atoms with Gasteiger partial charge in [-0.15, -0.1) is 24.0 Å². The van der Waals surface area contributed by atoms with E-state index in [2.05, 4.69) is 15.6 Å². The topological polar surface area (TPSA) is 73.8 Å². The molecular formula is C10H20F3IN4O2S. The highest BCUT2D eigenvalue weighted by atomic mass is 127. The lowest BCUT2D eigenvalue weighted by molar-refractivity contribution is -0.0496. The molecule has 1 aliphatic rings. The fourth-order valence-corrected chi connectivity index (χ4v) is 3.00. The molecule has 0 amide bonds. The quantitative estimate of drug-likeness (QED) is 0.387. The van der Waals surface area contributed by atoms with Crippen molar-refractivity contribution in [3.63, 3.8) is 0 Å². The first-order valence-electron chi connectivity index (χ1n) is 6.17. The van der Waals surface area contributed by atoms with Crippen LogP contribution in [0.2, 0.25) is 0 Å². The van der Waals surface area contributed by atoms with Gasteiger partial charge < -0.3 is 10.6 Å². The second kappa shape index (κ2) is 8.36. The minimum atomic E-state index is -5.22. The molecule has 0 unspecified atom stereocenters. The Morgan fingerprint density at radius 2 is 1.86 bits per heavy atom. The highest BCUT2D eigenvalue weighted by Gasteiger charge is 2.50. The molecule has 0 aromatic rings. The van der Waals surface area contributed by atoms with Gasteiger partial charge in [-0.3, -0.25) is 4.99 Å². The van der Waals surface area contributed by atoms with Crippen molar-refractivity contribution in [2.75, 3.05) is 33.7 Å². The summed E-state index contributed by atoms with van der Waals surface area (Å²) in [7, 11) is -1.88. The molecule has 0 bridgehead atoms. The number of nitrogens with one attached hydrogen (secondary N) is 2. The molecule has 126 valence electrons. The van der Waals surface area contributed by atoms with Crippen LogP contribution in [-0.2, 0) is 10.0 Å².